The number of carboxylic acids is 1. The number of isocyanates is 2. The zero-order valence-electron chi connectivity index (χ0n) is 10.6. The summed E-state index contributed by atoms with van der Waals surface area (Å²) in [6.45, 7) is 3.39. The molecule has 100 valence electrons. The summed E-state index contributed by atoms with van der Waals surface area (Å²) in [6.07, 6.45) is 5.49. The highest BCUT2D eigenvalue weighted by Gasteiger charge is 2.23. The number of hydrogen-bond donors (Lipinski definition) is 1. The number of carbonyl (C=O) groups excluding carboxylic acids is 2. The molecule has 3 atom stereocenters. The van der Waals surface area contributed by atoms with Crippen LogP contribution in [0.5, 0.6) is 0 Å². The average Bonchev–Trinajstić information content (AvgIpc) is 2.28. The molecule has 0 aliphatic carbocycles. The van der Waals surface area contributed by atoms with Crippen molar-refractivity contribution in [1.29, 1.82) is 0 Å². The van der Waals surface area contributed by atoms with Gasteiger partial charge in [-0.1, -0.05) is 12.8 Å². The molecule has 0 aliphatic heterocycles. The molecule has 0 saturated carbocycles. The van der Waals surface area contributed by atoms with E-state index in [9.17, 15) is 14.4 Å². The van der Waals surface area contributed by atoms with Crippen molar-refractivity contribution in [3.63, 3.8) is 0 Å². The van der Waals surface area contributed by atoms with Crippen LogP contribution in [0.4, 0.5) is 0 Å². The molecule has 18 heavy (non-hydrogen) atoms. The highest BCUT2D eigenvalue weighted by atomic mass is 16.4. The van der Waals surface area contributed by atoms with E-state index >= 15 is 0 Å². The van der Waals surface area contributed by atoms with E-state index in [0.717, 1.165) is 6.42 Å². The third-order valence-corrected chi connectivity index (χ3v) is 2.82. The van der Waals surface area contributed by atoms with Gasteiger partial charge in [-0.2, -0.15) is 0 Å². The molecule has 0 fully saturated rings. The molecule has 0 aliphatic rings. The lowest BCUT2D eigenvalue weighted by Crippen LogP contribution is -2.24. The van der Waals surface area contributed by atoms with E-state index in [1.165, 1.54) is 12.2 Å². The molecule has 3 unspecified atom stereocenters. The standard InChI is InChI=1S/C12H18N2O4/c1-9(13-7-15)5-3-4-6-11(12(17)18)10(2)14-8-16/h9-11H,3-6H2,1-2H3,(H,17,18). The average molecular weight is 254 g/mol. The fourth-order valence-corrected chi connectivity index (χ4v) is 1.70. The third-order valence-electron chi connectivity index (χ3n) is 2.82. The summed E-state index contributed by atoms with van der Waals surface area (Å²) < 4.78 is 0. The van der Waals surface area contributed by atoms with Gasteiger partial charge in [-0.25, -0.2) is 19.6 Å². The first-order chi connectivity index (χ1) is 8.52. The van der Waals surface area contributed by atoms with Crippen molar-refractivity contribution in [3.05, 3.63) is 0 Å². The van der Waals surface area contributed by atoms with Gasteiger partial charge in [0.15, 0.2) is 0 Å². The molecule has 0 bridgehead atoms. The first-order valence-corrected chi connectivity index (χ1v) is 5.89. The Labute approximate surface area is 106 Å². The summed E-state index contributed by atoms with van der Waals surface area (Å²) in [6, 6.07) is -0.651. The van der Waals surface area contributed by atoms with E-state index in [2.05, 4.69) is 9.98 Å². The van der Waals surface area contributed by atoms with Gasteiger partial charge >= 0.3 is 5.97 Å². The van der Waals surface area contributed by atoms with Crippen LogP contribution >= 0.6 is 0 Å². The van der Waals surface area contributed by atoms with Crippen molar-refractivity contribution in [1.82, 2.24) is 0 Å². The molecule has 0 aromatic carbocycles. The van der Waals surface area contributed by atoms with Gasteiger partial charge in [0.05, 0.1) is 18.0 Å². The summed E-state index contributed by atoms with van der Waals surface area (Å²) in [7, 11) is 0. The van der Waals surface area contributed by atoms with E-state index in [4.69, 9.17) is 5.11 Å². The Hall–Kier alpha value is -1.77. The van der Waals surface area contributed by atoms with Crippen LogP contribution in [0, 0.1) is 5.92 Å². The van der Waals surface area contributed by atoms with Gasteiger partial charge in [-0.15, -0.1) is 0 Å². The van der Waals surface area contributed by atoms with Crippen LogP contribution < -0.4 is 0 Å². The molecular formula is C12H18N2O4. The molecule has 0 spiro atoms. The molecule has 0 radical (unpaired) electrons. The number of aliphatic imine (C=N–C) groups is 2. The predicted molar refractivity (Wildman–Crippen MR) is 64.8 cm³/mol. The molecule has 0 saturated heterocycles. The first-order valence-electron chi connectivity index (χ1n) is 5.89. The molecule has 0 rings (SSSR count). The summed E-state index contributed by atoms with van der Waals surface area (Å²) in [5, 5.41) is 9.00. The van der Waals surface area contributed by atoms with Crippen molar-refractivity contribution in [2.75, 3.05) is 0 Å². The second kappa shape index (κ2) is 9.28. The highest BCUT2D eigenvalue weighted by molar-refractivity contribution is 5.71. The lowest BCUT2D eigenvalue weighted by molar-refractivity contribution is -0.142. The van der Waals surface area contributed by atoms with Crippen LogP contribution in [0.1, 0.15) is 39.5 Å². The second-order valence-electron chi connectivity index (χ2n) is 4.26. The monoisotopic (exact) mass is 254 g/mol. The van der Waals surface area contributed by atoms with Gasteiger partial charge in [0.2, 0.25) is 12.2 Å². The number of unbranched alkanes of at least 4 members (excludes halogenated alkanes) is 1. The lowest BCUT2D eigenvalue weighted by Gasteiger charge is -2.15. The molecule has 6 nitrogen and oxygen atoms in total. The van der Waals surface area contributed by atoms with E-state index in [1.807, 2.05) is 0 Å². The van der Waals surface area contributed by atoms with E-state index in [-0.39, 0.29) is 6.04 Å². The maximum atomic E-state index is 11.0. The normalized spacial score (nSPS) is 14.8. The summed E-state index contributed by atoms with van der Waals surface area (Å²) >= 11 is 0. The van der Waals surface area contributed by atoms with Gasteiger partial charge in [-0.05, 0) is 26.7 Å². The number of rotatable bonds is 9. The van der Waals surface area contributed by atoms with E-state index < -0.39 is 17.9 Å². The number of hydrogen-bond acceptors (Lipinski definition) is 5. The number of carbonyl (C=O) groups is 1. The highest BCUT2D eigenvalue weighted by Crippen LogP contribution is 2.17. The molecule has 6 heteroatoms. The quantitative estimate of drug-likeness (QED) is 0.384. The second-order valence-corrected chi connectivity index (χ2v) is 4.26. The van der Waals surface area contributed by atoms with Gasteiger partial charge in [0.1, 0.15) is 0 Å². The molecule has 0 aromatic rings. The Morgan fingerprint density at radius 1 is 1.11 bits per heavy atom. The third kappa shape index (κ3) is 6.74. The Bertz CT molecular complexity index is 357. The minimum atomic E-state index is -0.958. The Morgan fingerprint density at radius 2 is 1.67 bits per heavy atom. The van der Waals surface area contributed by atoms with Crippen LogP contribution in [-0.2, 0) is 14.4 Å². The van der Waals surface area contributed by atoms with Gasteiger partial charge in [0, 0.05) is 0 Å². The van der Waals surface area contributed by atoms with Crippen molar-refractivity contribution in [2.24, 2.45) is 15.9 Å². The number of aliphatic carboxylic acids is 1. The maximum Gasteiger partial charge on any atom is 0.308 e. The number of carboxylic acid groups (broad SMARTS) is 1. The minimum absolute atomic E-state index is 0.0869. The maximum absolute atomic E-state index is 11.0. The molecule has 0 heterocycles. The van der Waals surface area contributed by atoms with E-state index in [1.54, 1.807) is 13.8 Å². The summed E-state index contributed by atoms with van der Waals surface area (Å²) in [5.41, 5.74) is 0. The van der Waals surface area contributed by atoms with Crippen molar-refractivity contribution in [3.8, 4) is 0 Å². The molecule has 1 N–H and O–H groups in total. The SMILES string of the molecule is CC(CCCCC(C(=O)O)C(C)N=C=O)N=C=O. The molecule has 0 amide bonds. The smallest absolute Gasteiger partial charge is 0.308 e. The van der Waals surface area contributed by atoms with Gasteiger partial charge in [0.25, 0.3) is 0 Å². The predicted octanol–water partition coefficient (Wildman–Crippen LogP) is 1.70. The minimum Gasteiger partial charge on any atom is -0.481 e. The van der Waals surface area contributed by atoms with E-state index in [0.29, 0.717) is 19.3 Å². The topological polar surface area (TPSA) is 96.2 Å². The fourth-order valence-electron chi connectivity index (χ4n) is 1.70. The summed E-state index contributed by atoms with van der Waals surface area (Å²) in [4.78, 5) is 38.1. The summed E-state index contributed by atoms with van der Waals surface area (Å²) in [5.74, 6) is -1.63. The van der Waals surface area contributed by atoms with Crippen molar-refractivity contribution < 1.29 is 19.5 Å². The Morgan fingerprint density at radius 3 is 2.17 bits per heavy atom. The number of nitrogens with zero attached hydrogens (tertiary/aromatic N) is 2. The van der Waals surface area contributed by atoms with Crippen LogP contribution in [-0.4, -0.2) is 35.3 Å². The largest absolute Gasteiger partial charge is 0.481 e. The van der Waals surface area contributed by atoms with Crippen molar-refractivity contribution >= 4 is 18.1 Å². The van der Waals surface area contributed by atoms with Crippen LogP contribution in [0.3, 0.4) is 0 Å². The van der Waals surface area contributed by atoms with Gasteiger partial charge < -0.3 is 5.11 Å². The lowest BCUT2D eigenvalue weighted by atomic mass is 9.94. The Kier molecular flexibility index (Phi) is 8.37. The first kappa shape index (κ1) is 16.2. The fraction of sp³-hybridized carbons (Fsp3) is 0.750. The van der Waals surface area contributed by atoms with Crippen LogP contribution in [0.25, 0.3) is 0 Å². The van der Waals surface area contributed by atoms with Crippen LogP contribution in [0.2, 0.25) is 0 Å². The zero-order chi connectivity index (χ0) is 14.0. The van der Waals surface area contributed by atoms with Crippen molar-refractivity contribution in [2.45, 2.75) is 51.6 Å². The van der Waals surface area contributed by atoms with Crippen LogP contribution in [0.15, 0.2) is 9.98 Å². The zero-order valence-corrected chi connectivity index (χ0v) is 10.6. The van der Waals surface area contributed by atoms with Gasteiger partial charge in [-0.3, -0.25) is 4.79 Å². The molecule has 0 aromatic heterocycles. The molecular weight excluding hydrogens is 236 g/mol. The Balaban J connectivity index is 4.09.